The highest BCUT2D eigenvalue weighted by Gasteiger charge is 2.28. The van der Waals surface area contributed by atoms with E-state index in [9.17, 15) is 9.59 Å². The number of nitrogens with zero attached hydrogens (tertiary/aromatic N) is 1. The van der Waals surface area contributed by atoms with Crippen molar-refractivity contribution in [2.75, 3.05) is 6.26 Å². The highest BCUT2D eigenvalue weighted by molar-refractivity contribution is 7.98. The molecule has 2 fully saturated rings. The van der Waals surface area contributed by atoms with Crippen LogP contribution in [0.5, 0.6) is 11.6 Å². The van der Waals surface area contributed by atoms with Crippen LogP contribution in [0.15, 0.2) is 47.5 Å². The number of hydrogen-bond donors (Lipinski definition) is 2. The first-order chi connectivity index (χ1) is 15.1. The summed E-state index contributed by atoms with van der Waals surface area (Å²) in [6.07, 6.45) is 10.2. The molecule has 0 aliphatic heterocycles. The SMILES string of the molecule is CSc1cccc(Oc2ncccc2C(=O)N[C@H]2CC[C@@H](NC(=O)CC3CC3)CC2)c1. The zero-order valence-electron chi connectivity index (χ0n) is 17.8. The molecule has 1 aromatic heterocycles. The average molecular weight is 440 g/mol. The van der Waals surface area contributed by atoms with Crippen LogP contribution < -0.4 is 15.4 Å². The Balaban J connectivity index is 1.31. The summed E-state index contributed by atoms with van der Waals surface area (Å²) in [6.45, 7) is 0. The van der Waals surface area contributed by atoms with E-state index in [2.05, 4.69) is 15.6 Å². The lowest BCUT2D eigenvalue weighted by Gasteiger charge is -2.29. The Bertz CT molecular complexity index is 924. The van der Waals surface area contributed by atoms with Crippen molar-refractivity contribution >= 4 is 23.6 Å². The molecule has 4 rings (SSSR count). The molecule has 164 valence electrons. The first-order valence-electron chi connectivity index (χ1n) is 11.0. The van der Waals surface area contributed by atoms with E-state index in [1.165, 1.54) is 12.8 Å². The van der Waals surface area contributed by atoms with Crippen LogP contribution in [0, 0.1) is 5.92 Å². The minimum atomic E-state index is -0.176. The van der Waals surface area contributed by atoms with Crippen molar-refractivity contribution in [1.82, 2.24) is 15.6 Å². The molecule has 2 N–H and O–H groups in total. The number of aromatic nitrogens is 1. The van der Waals surface area contributed by atoms with Gasteiger partial charge in [0.1, 0.15) is 11.3 Å². The zero-order valence-corrected chi connectivity index (χ0v) is 18.6. The molecule has 2 aliphatic carbocycles. The normalized spacial score (nSPS) is 20.7. The minimum absolute atomic E-state index is 0.0944. The summed E-state index contributed by atoms with van der Waals surface area (Å²) in [5, 5.41) is 6.28. The fourth-order valence-electron chi connectivity index (χ4n) is 3.94. The largest absolute Gasteiger partial charge is 0.438 e. The Morgan fingerprint density at radius 3 is 2.48 bits per heavy atom. The van der Waals surface area contributed by atoms with Gasteiger partial charge in [-0.25, -0.2) is 4.98 Å². The maximum atomic E-state index is 12.9. The van der Waals surface area contributed by atoms with E-state index >= 15 is 0 Å². The van der Waals surface area contributed by atoms with Crippen LogP contribution in [0.1, 0.15) is 55.3 Å². The van der Waals surface area contributed by atoms with Gasteiger partial charge in [-0.1, -0.05) is 6.07 Å². The van der Waals surface area contributed by atoms with Gasteiger partial charge in [-0.15, -0.1) is 11.8 Å². The van der Waals surface area contributed by atoms with Gasteiger partial charge in [-0.3, -0.25) is 9.59 Å². The second-order valence-electron chi connectivity index (χ2n) is 8.37. The zero-order chi connectivity index (χ0) is 21.6. The average Bonchev–Trinajstić information content (AvgIpc) is 3.59. The van der Waals surface area contributed by atoms with Crippen molar-refractivity contribution in [2.24, 2.45) is 5.92 Å². The predicted octanol–water partition coefficient (Wildman–Crippen LogP) is 4.55. The van der Waals surface area contributed by atoms with Crippen LogP contribution in [-0.2, 0) is 4.79 Å². The predicted molar refractivity (Wildman–Crippen MR) is 122 cm³/mol. The maximum Gasteiger partial charge on any atom is 0.257 e. The summed E-state index contributed by atoms with van der Waals surface area (Å²) in [7, 11) is 0. The van der Waals surface area contributed by atoms with Crippen LogP contribution in [0.2, 0.25) is 0 Å². The van der Waals surface area contributed by atoms with Crippen molar-refractivity contribution in [3.8, 4) is 11.6 Å². The molecule has 6 nitrogen and oxygen atoms in total. The molecule has 2 aromatic rings. The van der Waals surface area contributed by atoms with E-state index in [0.717, 1.165) is 30.6 Å². The lowest BCUT2D eigenvalue weighted by Crippen LogP contribution is -2.43. The van der Waals surface area contributed by atoms with Crippen LogP contribution in [0.4, 0.5) is 0 Å². The van der Waals surface area contributed by atoms with Gasteiger partial charge in [-0.2, -0.15) is 0 Å². The lowest BCUT2D eigenvalue weighted by molar-refractivity contribution is -0.122. The molecule has 0 atom stereocenters. The van der Waals surface area contributed by atoms with Crippen molar-refractivity contribution in [3.63, 3.8) is 0 Å². The van der Waals surface area contributed by atoms with Crippen LogP contribution in [-0.4, -0.2) is 35.1 Å². The number of benzene rings is 1. The molecular weight excluding hydrogens is 410 g/mol. The molecule has 2 amide bonds. The summed E-state index contributed by atoms with van der Waals surface area (Å²) in [5.74, 6) is 1.57. The Morgan fingerprint density at radius 1 is 1.03 bits per heavy atom. The van der Waals surface area contributed by atoms with Crippen molar-refractivity contribution in [3.05, 3.63) is 48.2 Å². The Kier molecular flexibility index (Phi) is 7.12. The van der Waals surface area contributed by atoms with E-state index in [1.54, 1.807) is 30.1 Å². The number of nitrogens with one attached hydrogen (secondary N) is 2. The number of rotatable bonds is 8. The van der Waals surface area contributed by atoms with Crippen LogP contribution >= 0.6 is 11.8 Å². The number of ether oxygens (including phenoxy) is 1. The van der Waals surface area contributed by atoms with Crippen molar-refractivity contribution in [2.45, 2.75) is 61.9 Å². The first-order valence-corrected chi connectivity index (χ1v) is 12.2. The number of carbonyl (C=O) groups is 2. The molecule has 7 heteroatoms. The van der Waals surface area contributed by atoms with Gasteiger partial charge in [0.15, 0.2) is 0 Å². The van der Waals surface area contributed by atoms with Gasteiger partial charge >= 0.3 is 0 Å². The molecule has 2 aliphatic rings. The highest BCUT2D eigenvalue weighted by Crippen LogP contribution is 2.32. The number of hydrogen-bond acceptors (Lipinski definition) is 5. The molecule has 0 spiro atoms. The second-order valence-corrected chi connectivity index (χ2v) is 9.25. The van der Waals surface area contributed by atoms with Gasteiger partial charge < -0.3 is 15.4 Å². The van der Waals surface area contributed by atoms with Gasteiger partial charge in [0.2, 0.25) is 11.8 Å². The van der Waals surface area contributed by atoms with Crippen LogP contribution in [0.25, 0.3) is 0 Å². The van der Waals surface area contributed by atoms with Gasteiger partial charge in [0, 0.05) is 29.6 Å². The summed E-state index contributed by atoms with van der Waals surface area (Å²) in [6, 6.07) is 11.5. The smallest absolute Gasteiger partial charge is 0.257 e. The third kappa shape index (κ3) is 6.23. The first kappa shape index (κ1) is 21.7. The van der Waals surface area contributed by atoms with Gasteiger partial charge in [0.05, 0.1) is 0 Å². The van der Waals surface area contributed by atoms with E-state index in [4.69, 9.17) is 4.74 Å². The van der Waals surface area contributed by atoms with E-state index in [-0.39, 0.29) is 23.9 Å². The fraction of sp³-hybridized carbons (Fsp3) is 0.458. The van der Waals surface area contributed by atoms with E-state index in [1.807, 2.05) is 30.5 Å². The van der Waals surface area contributed by atoms with E-state index < -0.39 is 0 Å². The molecular formula is C24H29N3O3S. The molecule has 0 bridgehead atoms. The van der Waals surface area contributed by atoms with Gasteiger partial charge in [0.25, 0.3) is 5.91 Å². The summed E-state index contributed by atoms with van der Waals surface area (Å²) in [4.78, 5) is 30.3. The van der Waals surface area contributed by atoms with E-state index in [0.29, 0.717) is 29.5 Å². The van der Waals surface area contributed by atoms with Gasteiger partial charge in [-0.05, 0) is 81.0 Å². The summed E-state index contributed by atoms with van der Waals surface area (Å²) in [5.41, 5.74) is 0.428. The Hall–Kier alpha value is -2.54. The highest BCUT2D eigenvalue weighted by atomic mass is 32.2. The number of pyridine rings is 1. The Labute approximate surface area is 187 Å². The molecule has 2 saturated carbocycles. The topological polar surface area (TPSA) is 80.3 Å². The van der Waals surface area contributed by atoms with Crippen LogP contribution in [0.3, 0.4) is 0 Å². The summed E-state index contributed by atoms with van der Waals surface area (Å²) >= 11 is 1.63. The Morgan fingerprint density at radius 2 is 1.77 bits per heavy atom. The number of amides is 2. The molecule has 0 saturated heterocycles. The minimum Gasteiger partial charge on any atom is -0.438 e. The standard InChI is InChI=1S/C24H29N3O3S/c1-31-20-5-2-4-19(15-20)30-24-21(6-3-13-25-24)23(29)27-18-11-9-17(10-12-18)26-22(28)14-16-7-8-16/h2-6,13,15-18H,7-12,14H2,1H3,(H,26,28)(H,27,29)/t17-,18+. The third-order valence-electron chi connectivity index (χ3n) is 5.87. The van der Waals surface area contributed by atoms with Crippen molar-refractivity contribution in [1.29, 1.82) is 0 Å². The maximum absolute atomic E-state index is 12.9. The van der Waals surface area contributed by atoms with Crippen molar-refractivity contribution < 1.29 is 14.3 Å². The molecule has 0 unspecified atom stereocenters. The lowest BCUT2D eigenvalue weighted by atomic mass is 9.91. The molecule has 31 heavy (non-hydrogen) atoms. The summed E-state index contributed by atoms with van der Waals surface area (Å²) < 4.78 is 5.93. The fourth-order valence-corrected chi connectivity index (χ4v) is 4.39. The third-order valence-corrected chi connectivity index (χ3v) is 6.60. The monoisotopic (exact) mass is 439 g/mol. The quantitative estimate of drug-likeness (QED) is 0.590. The number of carbonyl (C=O) groups excluding carboxylic acids is 2. The molecule has 0 radical (unpaired) electrons. The second kappa shape index (κ2) is 10.2. The molecule has 1 aromatic carbocycles. The number of thioether (sulfide) groups is 1. The molecule has 1 heterocycles.